The molecule has 1 aliphatic rings. The van der Waals surface area contributed by atoms with E-state index in [-0.39, 0.29) is 0 Å². The number of fused-ring (bicyclic) bond motifs is 1. The molecule has 0 unspecified atom stereocenters. The summed E-state index contributed by atoms with van der Waals surface area (Å²) in [6, 6.07) is 6.27. The van der Waals surface area contributed by atoms with Crippen molar-refractivity contribution in [3.8, 4) is 11.3 Å². The van der Waals surface area contributed by atoms with Gasteiger partial charge in [-0.25, -0.2) is 4.98 Å². The third-order valence-electron chi connectivity index (χ3n) is 4.61. The van der Waals surface area contributed by atoms with Gasteiger partial charge in [-0.2, -0.15) is 10.2 Å². The smallest absolute Gasteiger partial charge is 0.137 e. The van der Waals surface area contributed by atoms with Crippen molar-refractivity contribution in [3.63, 3.8) is 0 Å². The quantitative estimate of drug-likeness (QED) is 0.769. The summed E-state index contributed by atoms with van der Waals surface area (Å²) in [7, 11) is 0. The molecule has 1 aliphatic heterocycles. The van der Waals surface area contributed by atoms with Crippen LogP contribution < -0.4 is 5.32 Å². The second kappa shape index (κ2) is 6.67. The maximum atomic E-state index is 4.50. The Balaban J connectivity index is 1.55. The maximum Gasteiger partial charge on any atom is 0.137 e. The highest BCUT2D eigenvalue weighted by Crippen LogP contribution is 2.23. The summed E-state index contributed by atoms with van der Waals surface area (Å²) in [5.74, 6) is 0. The van der Waals surface area contributed by atoms with Crippen LogP contribution in [0, 0.1) is 0 Å². The zero-order valence-electron chi connectivity index (χ0n) is 13.9. The van der Waals surface area contributed by atoms with Crippen LogP contribution in [0.3, 0.4) is 0 Å². The van der Waals surface area contributed by atoms with Crippen molar-refractivity contribution in [1.29, 1.82) is 0 Å². The highest BCUT2D eigenvalue weighted by Gasteiger charge is 2.12. The largest absolute Gasteiger partial charge is 0.346 e. The number of aryl methyl sites for hydroxylation is 1. The van der Waals surface area contributed by atoms with Gasteiger partial charge in [-0.1, -0.05) is 6.92 Å². The first kappa shape index (κ1) is 15.2. The molecular formula is C18H22N6. The molecule has 3 aromatic heterocycles. The lowest BCUT2D eigenvalue weighted by molar-refractivity contribution is 0.230. The molecule has 2 N–H and O–H groups in total. The van der Waals surface area contributed by atoms with Crippen molar-refractivity contribution >= 4 is 11.0 Å². The molecule has 1 saturated heterocycles. The van der Waals surface area contributed by atoms with Crippen molar-refractivity contribution in [2.75, 3.05) is 26.2 Å². The fourth-order valence-corrected chi connectivity index (χ4v) is 3.19. The number of aromatic nitrogens is 4. The molecular weight excluding hydrogens is 300 g/mol. The first-order valence-corrected chi connectivity index (χ1v) is 8.55. The summed E-state index contributed by atoms with van der Waals surface area (Å²) in [4.78, 5) is 10.1. The lowest BCUT2D eigenvalue weighted by atomic mass is 10.1. The normalized spacial score (nSPS) is 15.9. The molecule has 4 heterocycles. The third-order valence-corrected chi connectivity index (χ3v) is 4.61. The Labute approximate surface area is 141 Å². The summed E-state index contributed by atoms with van der Waals surface area (Å²) in [6.45, 7) is 7.25. The van der Waals surface area contributed by atoms with Crippen LogP contribution in [0.25, 0.3) is 22.3 Å². The number of hydrogen-bond donors (Lipinski definition) is 2. The molecule has 1 fully saturated rings. The maximum absolute atomic E-state index is 4.50. The average molecular weight is 322 g/mol. The molecule has 0 saturated carbocycles. The minimum Gasteiger partial charge on any atom is -0.346 e. The van der Waals surface area contributed by atoms with Crippen molar-refractivity contribution < 1.29 is 0 Å². The summed E-state index contributed by atoms with van der Waals surface area (Å²) in [5, 5.41) is 13.4. The number of pyridine rings is 1. The summed E-state index contributed by atoms with van der Waals surface area (Å²) in [5.41, 5.74) is 5.11. The van der Waals surface area contributed by atoms with Gasteiger partial charge in [-0.15, -0.1) is 0 Å². The first-order chi connectivity index (χ1) is 11.8. The fraction of sp³-hybridized carbons (Fsp3) is 0.389. The molecule has 6 heteroatoms. The van der Waals surface area contributed by atoms with Gasteiger partial charge in [0.05, 0.1) is 11.4 Å². The highest BCUT2D eigenvalue weighted by molar-refractivity contribution is 5.83. The van der Waals surface area contributed by atoms with E-state index in [1.807, 2.05) is 18.5 Å². The van der Waals surface area contributed by atoms with Crippen molar-refractivity contribution in [2.45, 2.75) is 19.9 Å². The van der Waals surface area contributed by atoms with E-state index >= 15 is 0 Å². The zero-order valence-corrected chi connectivity index (χ0v) is 13.9. The van der Waals surface area contributed by atoms with Gasteiger partial charge in [0.15, 0.2) is 0 Å². The summed E-state index contributed by atoms with van der Waals surface area (Å²) >= 11 is 0. The Morgan fingerprint density at radius 2 is 2.04 bits per heavy atom. The van der Waals surface area contributed by atoms with Crippen LogP contribution in [0.5, 0.6) is 0 Å². The third kappa shape index (κ3) is 3.02. The molecule has 6 nitrogen and oxygen atoms in total. The molecule has 0 spiro atoms. The molecule has 0 radical (unpaired) electrons. The minimum atomic E-state index is 0.865. The molecule has 0 aliphatic carbocycles. The summed E-state index contributed by atoms with van der Waals surface area (Å²) < 4.78 is 0. The summed E-state index contributed by atoms with van der Waals surface area (Å²) in [6.07, 6.45) is 4.88. The van der Waals surface area contributed by atoms with E-state index in [1.54, 1.807) is 0 Å². The predicted octanol–water partition coefficient (Wildman–Crippen LogP) is 1.99. The van der Waals surface area contributed by atoms with E-state index in [1.165, 1.54) is 10.9 Å². The molecule has 0 atom stereocenters. The topological polar surface area (TPSA) is 69.7 Å². The second-order valence-electron chi connectivity index (χ2n) is 6.22. The van der Waals surface area contributed by atoms with Crippen LogP contribution in [0.2, 0.25) is 0 Å². The Morgan fingerprint density at radius 3 is 2.79 bits per heavy atom. The number of hydrogen-bond acceptors (Lipinski definition) is 5. The van der Waals surface area contributed by atoms with E-state index in [2.05, 4.69) is 49.4 Å². The van der Waals surface area contributed by atoms with Crippen LogP contribution in [0.4, 0.5) is 0 Å². The molecule has 3 aromatic rings. The number of nitrogens with one attached hydrogen (secondary N) is 2. The Hall–Kier alpha value is -2.31. The van der Waals surface area contributed by atoms with E-state index < -0.39 is 0 Å². The van der Waals surface area contributed by atoms with Crippen LogP contribution >= 0.6 is 0 Å². The minimum absolute atomic E-state index is 0.865. The predicted molar refractivity (Wildman–Crippen MR) is 94.6 cm³/mol. The van der Waals surface area contributed by atoms with Crippen molar-refractivity contribution in [1.82, 2.24) is 30.4 Å². The molecule has 4 rings (SSSR count). The monoisotopic (exact) mass is 322 g/mol. The van der Waals surface area contributed by atoms with E-state index in [0.29, 0.717) is 0 Å². The number of H-pyrrole nitrogens is 1. The number of aromatic amines is 1. The van der Waals surface area contributed by atoms with Gasteiger partial charge < -0.3 is 10.3 Å². The van der Waals surface area contributed by atoms with Gasteiger partial charge in [0.25, 0.3) is 0 Å². The molecule has 0 aromatic carbocycles. The van der Waals surface area contributed by atoms with Gasteiger partial charge in [0, 0.05) is 56.1 Å². The zero-order chi connectivity index (χ0) is 16.4. The van der Waals surface area contributed by atoms with Gasteiger partial charge in [-0.05, 0) is 30.2 Å². The Bertz CT molecular complexity index is 817. The molecule has 0 amide bonds. The Morgan fingerprint density at radius 1 is 1.17 bits per heavy atom. The molecule has 24 heavy (non-hydrogen) atoms. The number of nitrogens with zero attached hydrogens (tertiary/aromatic N) is 4. The first-order valence-electron chi connectivity index (χ1n) is 8.55. The van der Waals surface area contributed by atoms with E-state index in [4.69, 9.17) is 0 Å². The van der Waals surface area contributed by atoms with Gasteiger partial charge in [0.1, 0.15) is 5.65 Å². The van der Waals surface area contributed by atoms with E-state index in [0.717, 1.165) is 61.7 Å². The van der Waals surface area contributed by atoms with Crippen LogP contribution in [-0.2, 0) is 13.0 Å². The van der Waals surface area contributed by atoms with Crippen LogP contribution in [0.15, 0.2) is 30.6 Å². The fourth-order valence-electron chi connectivity index (χ4n) is 3.19. The van der Waals surface area contributed by atoms with Gasteiger partial charge >= 0.3 is 0 Å². The standard InChI is InChI=1S/C18H22N6/c1-2-13-10-20-18-16(13)9-14(11-21-18)17-4-3-15(22-23-17)12-24-7-5-19-6-8-24/h3-4,9-11,19H,2,5-8,12H2,1H3,(H,20,21). The Kier molecular flexibility index (Phi) is 4.23. The second-order valence-corrected chi connectivity index (χ2v) is 6.22. The molecule has 124 valence electrons. The van der Waals surface area contributed by atoms with Crippen molar-refractivity contribution in [2.24, 2.45) is 0 Å². The van der Waals surface area contributed by atoms with Crippen LogP contribution in [-0.4, -0.2) is 51.2 Å². The lowest BCUT2D eigenvalue weighted by Crippen LogP contribution is -2.43. The van der Waals surface area contributed by atoms with Gasteiger partial charge in [0.2, 0.25) is 0 Å². The average Bonchev–Trinajstić information content (AvgIpc) is 3.05. The van der Waals surface area contributed by atoms with Crippen molar-refractivity contribution in [3.05, 3.63) is 41.9 Å². The lowest BCUT2D eigenvalue weighted by Gasteiger charge is -2.26. The van der Waals surface area contributed by atoms with Gasteiger partial charge in [-0.3, -0.25) is 4.90 Å². The number of piperazine rings is 1. The van der Waals surface area contributed by atoms with Crippen LogP contribution in [0.1, 0.15) is 18.2 Å². The highest BCUT2D eigenvalue weighted by atomic mass is 15.2. The SMILES string of the molecule is CCc1c[nH]c2ncc(-c3ccc(CN4CCNCC4)nn3)cc12. The number of rotatable bonds is 4. The van der Waals surface area contributed by atoms with E-state index in [9.17, 15) is 0 Å². The molecule has 0 bridgehead atoms.